The Hall–Kier alpha value is -1.19. The van der Waals surface area contributed by atoms with Gasteiger partial charge >= 0.3 is 5.97 Å². The zero-order valence-corrected chi connectivity index (χ0v) is 8.77. The fourth-order valence-electron chi connectivity index (χ4n) is 1.66. The van der Waals surface area contributed by atoms with Crippen LogP contribution in [0.15, 0.2) is 4.99 Å². The van der Waals surface area contributed by atoms with Crippen molar-refractivity contribution in [1.82, 2.24) is 0 Å². The molecule has 1 aliphatic rings. The first-order valence-corrected chi connectivity index (χ1v) is 5.01. The minimum absolute atomic E-state index is 0.00276. The number of isocyanates is 1. The Labute approximate surface area is 88.5 Å². The van der Waals surface area contributed by atoms with Gasteiger partial charge in [0.15, 0.2) is 0 Å². The molecule has 0 saturated heterocycles. The van der Waals surface area contributed by atoms with Crippen molar-refractivity contribution in [2.75, 3.05) is 13.7 Å². The standard InChI is InChI=1S/C10H15NO4/c1-14-10(13)6-15-9-4-2-8(3-5-9)11-7-12/h8-9H,2-6H2,1H3/t8-,9-. The van der Waals surface area contributed by atoms with Gasteiger partial charge in [0.1, 0.15) is 6.61 Å². The molecule has 5 nitrogen and oxygen atoms in total. The third-order valence-corrected chi connectivity index (χ3v) is 2.54. The molecule has 15 heavy (non-hydrogen) atoms. The summed E-state index contributed by atoms with van der Waals surface area (Å²) < 4.78 is 9.81. The number of hydrogen-bond donors (Lipinski definition) is 0. The number of hydrogen-bond acceptors (Lipinski definition) is 5. The van der Waals surface area contributed by atoms with Crippen LogP contribution in [-0.4, -0.2) is 37.9 Å². The molecule has 1 fully saturated rings. The maximum Gasteiger partial charge on any atom is 0.331 e. The van der Waals surface area contributed by atoms with Crippen LogP contribution >= 0.6 is 0 Å². The third-order valence-electron chi connectivity index (χ3n) is 2.54. The maximum atomic E-state index is 10.8. The Balaban J connectivity index is 2.20. The Morgan fingerprint density at radius 1 is 1.40 bits per heavy atom. The lowest BCUT2D eigenvalue weighted by Crippen LogP contribution is -2.26. The summed E-state index contributed by atoms with van der Waals surface area (Å²) >= 11 is 0. The summed E-state index contributed by atoms with van der Waals surface area (Å²) in [5.41, 5.74) is 0. The minimum atomic E-state index is -0.358. The summed E-state index contributed by atoms with van der Waals surface area (Å²) in [4.78, 5) is 24.5. The average molecular weight is 213 g/mol. The first kappa shape index (κ1) is 11.9. The number of nitrogens with zero attached hydrogens (tertiary/aromatic N) is 1. The molecule has 0 atom stereocenters. The molecule has 0 N–H and O–H groups in total. The highest BCUT2D eigenvalue weighted by Crippen LogP contribution is 2.22. The second-order valence-electron chi connectivity index (χ2n) is 3.54. The second kappa shape index (κ2) is 6.32. The van der Waals surface area contributed by atoms with Gasteiger partial charge in [-0.1, -0.05) is 0 Å². The zero-order chi connectivity index (χ0) is 11.1. The predicted molar refractivity (Wildman–Crippen MR) is 52.1 cm³/mol. The van der Waals surface area contributed by atoms with Crippen molar-refractivity contribution in [2.45, 2.75) is 37.8 Å². The summed E-state index contributed by atoms with van der Waals surface area (Å²) in [6, 6.07) is 0.0838. The van der Waals surface area contributed by atoms with E-state index in [1.165, 1.54) is 7.11 Å². The SMILES string of the molecule is COC(=O)CO[C@H]1CC[C@H](N=C=O)CC1. The van der Waals surface area contributed by atoms with Crippen molar-refractivity contribution >= 4 is 12.0 Å². The van der Waals surface area contributed by atoms with Gasteiger partial charge in [-0.3, -0.25) is 0 Å². The number of aliphatic imine (C=N–C) groups is 1. The van der Waals surface area contributed by atoms with Crippen molar-refractivity contribution in [3.8, 4) is 0 Å². The van der Waals surface area contributed by atoms with E-state index in [1.807, 2.05) is 0 Å². The molecule has 0 radical (unpaired) electrons. The summed E-state index contributed by atoms with van der Waals surface area (Å²) in [6.07, 6.45) is 4.95. The van der Waals surface area contributed by atoms with Crippen LogP contribution in [-0.2, 0) is 19.1 Å². The van der Waals surface area contributed by atoms with Crippen LogP contribution < -0.4 is 0 Å². The molecule has 0 amide bonds. The number of carbonyl (C=O) groups is 1. The van der Waals surface area contributed by atoms with Gasteiger partial charge in [-0.25, -0.2) is 14.6 Å². The number of ether oxygens (including phenoxy) is 2. The summed E-state index contributed by atoms with van der Waals surface area (Å²) in [6.45, 7) is 0.00276. The van der Waals surface area contributed by atoms with Crippen molar-refractivity contribution in [3.63, 3.8) is 0 Å². The van der Waals surface area contributed by atoms with E-state index in [0.717, 1.165) is 25.7 Å². The maximum absolute atomic E-state index is 10.8. The highest BCUT2D eigenvalue weighted by molar-refractivity contribution is 5.70. The molecule has 0 unspecified atom stereocenters. The minimum Gasteiger partial charge on any atom is -0.467 e. The van der Waals surface area contributed by atoms with Crippen molar-refractivity contribution in [3.05, 3.63) is 0 Å². The Bertz CT molecular complexity index is 252. The van der Waals surface area contributed by atoms with E-state index >= 15 is 0 Å². The van der Waals surface area contributed by atoms with E-state index < -0.39 is 0 Å². The molecule has 0 heterocycles. The monoisotopic (exact) mass is 213 g/mol. The van der Waals surface area contributed by atoms with Crippen LogP contribution in [0.5, 0.6) is 0 Å². The number of carbonyl (C=O) groups excluding carboxylic acids is 2. The van der Waals surface area contributed by atoms with Crippen LogP contribution in [0.2, 0.25) is 0 Å². The van der Waals surface area contributed by atoms with Gasteiger partial charge in [0.2, 0.25) is 6.08 Å². The van der Waals surface area contributed by atoms with Gasteiger partial charge in [-0.2, -0.15) is 0 Å². The topological polar surface area (TPSA) is 65.0 Å². The zero-order valence-electron chi connectivity index (χ0n) is 8.77. The van der Waals surface area contributed by atoms with Crippen LogP contribution in [0.4, 0.5) is 0 Å². The van der Waals surface area contributed by atoms with Crippen LogP contribution in [0.25, 0.3) is 0 Å². The Morgan fingerprint density at radius 2 is 2.07 bits per heavy atom. The molecule has 0 aromatic heterocycles. The summed E-state index contributed by atoms with van der Waals surface area (Å²) in [7, 11) is 1.33. The van der Waals surface area contributed by atoms with Gasteiger partial charge in [0.25, 0.3) is 0 Å². The molecular weight excluding hydrogens is 198 g/mol. The Kier molecular flexibility index (Phi) is 5.01. The highest BCUT2D eigenvalue weighted by Gasteiger charge is 2.21. The molecular formula is C10H15NO4. The number of esters is 1. The van der Waals surface area contributed by atoms with Gasteiger partial charge in [0, 0.05) is 0 Å². The quantitative estimate of drug-likeness (QED) is 0.394. The van der Waals surface area contributed by atoms with E-state index in [0.29, 0.717) is 0 Å². The van der Waals surface area contributed by atoms with E-state index in [1.54, 1.807) is 6.08 Å². The van der Waals surface area contributed by atoms with Gasteiger partial charge in [-0.05, 0) is 25.7 Å². The fraction of sp³-hybridized carbons (Fsp3) is 0.800. The van der Waals surface area contributed by atoms with E-state index in [4.69, 9.17) is 4.74 Å². The molecule has 0 aromatic rings. The van der Waals surface area contributed by atoms with E-state index in [-0.39, 0.29) is 24.7 Å². The molecule has 0 spiro atoms. The molecule has 1 saturated carbocycles. The second-order valence-corrected chi connectivity index (χ2v) is 3.54. The lowest BCUT2D eigenvalue weighted by Gasteiger charge is -2.24. The molecule has 0 aromatic carbocycles. The van der Waals surface area contributed by atoms with Crippen LogP contribution in [0, 0.1) is 0 Å². The van der Waals surface area contributed by atoms with Crippen molar-refractivity contribution in [2.24, 2.45) is 4.99 Å². The van der Waals surface area contributed by atoms with Crippen LogP contribution in [0.3, 0.4) is 0 Å². The van der Waals surface area contributed by atoms with Gasteiger partial charge in [0.05, 0.1) is 19.3 Å². The van der Waals surface area contributed by atoms with Gasteiger partial charge in [-0.15, -0.1) is 0 Å². The molecule has 1 aliphatic carbocycles. The molecule has 0 aliphatic heterocycles. The molecule has 1 rings (SSSR count). The molecule has 5 heteroatoms. The Morgan fingerprint density at radius 3 is 2.60 bits per heavy atom. The molecule has 84 valence electrons. The predicted octanol–water partition coefficient (Wildman–Crippen LogP) is 0.823. The highest BCUT2D eigenvalue weighted by atomic mass is 16.6. The smallest absolute Gasteiger partial charge is 0.331 e. The first-order valence-electron chi connectivity index (χ1n) is 5.01. The summed E-state index contributed by atoms with van der Waals surface area (Å²) in [5.74, 6) is -0.358. The van der Waals surface area contributed by atoms with Gasteiger partial charge < -0.3 is 9.47 Å². The third kappa shape index (κ3) is 4.23. The largest absolute Gasteiger partial charge is 0.467 e. The average Bonchev–Trinajstić information content (AvgIpc) is 2.28. The van der Waals surface area contributed by atoms with Crippen molar-refractivity contribution < 1.29 is 19.1 Å². The normalized spacial score (nSPS) is 25.4. The van der Waals surface area contributed by atoms with E-state index in [2.05, 4.69) is 9.73 Å². The van der Waals surface area contributed by atoms with Crippen LogP contribution in [0.1, 0.15) is 25.7 Å². The van der Waals surface area contributed by atoms with Crippen molar-refractivity contribution in [1.29, 1.82) is 0 Å². The lowest BCUT2D eigenvalue weighted by atomic mass is 9.93. The number of methoxy groups -OCH3 is 1. The number of rotatable bonds is 4. The fourth-order valence-corrected chi connectivity index (χ4v) is 1.66. The lowest BCUT2D eigenvalue weighted by molar-refractivity contribution is -0.148. The van der Waals surface area contributed by atoms with E-state index in [9.17, 15) is 9.59 Å². The molecule has 0 bridgehead atoms. The summed E-state index contributed by atoms with van der Waals surface area (Å²) in [5, 5.41) is 0. The first-order chi connectivity index (χ1) is 7.26.